The van der Waals surface area contributed by atoms with Crippen molar-refractivity contribution in [2.24, 2.45) is 0 Å². The molecule has 0 unspecified atom stereocenters. The van der Waals surface area contributed by atoms with E-state index in [4.69, 9.17) is 11.6 Å². The van der Waals surface area contributed by atoms with Gasteiger partial charge < -0.3 is 5.32 Å². The number of hydrogen-bond donors (Lipinski definition) is 1. The van der Waals surface area contributed by atoms with Crippen LogP contribution >= 0.6 is 27.5 Å². The Bertz CT molecular complexity index is 266. The summed E-state index contributed by atoms with van der Waals surface area (Å²) in [5.41, 5.74) is 0.995. The Balaban J connectivity index is 2.78. The van der Waals surface area contributed by atoms with Crippen LogP contribution in [0.1, 0.15) is 0 Å². The molecule has 0 bridgehead atoms. The molecule has 0 aliphatic heterocycles. The molecule has 64 valence electrons. The van der Waals surface area contributed by atoms with E-state index in [9.17, 15) is 0 Å². The maximum Gasteiger partial charge on any atom is 0.0437 e. The molecule has 1 aromatic rings. The van der Waals surface area contributed by atoms with Gasteiger partial charge in [0.15, 0.2) is 0 Å². The van der Waals surface area contributed by atoms with Crippen LogP contribution in [0.4, 0.5) is 5.69 Å². The van der Waals surface area contributed by atoms with Crippen molar-refractivity contribution in [3.05, 3.63) is 40.3 Å². The summed E-state index contributed by atoms with van der Waals surface area (Å²) in [6.45, 7) is 4.36. The minimum Gasteiger partial charge on any atom is -0.382 e. The molecule has 0 aliphatic rings. The summed E-state index contributed by atoms with van der Waals surface area (Å²) < 4.78 is 0.974. The van der Waals surface area contributed by atoms with Gasteiger partial charge in [-0.05, 0) is 18.2 Å². The Hall–Kier alpha value is -0.470. The predicted molar refractivity (Wildman–Crippen MR) is 57.8 cm³/mol. The van der Waals surface area contributed by atoms with E-state index in [0.29, 0.717) is 0 Å². The molecular weight excluding hydrogens is 237 g/mol. The largest absolute Gasteiger partial charge is 0.382 e. The van der Waals surface area contributed by atoms with Crippen LogP contribution in [0.5, 0.6) is 0 Å². The van der Waals surface area contributed by atoms with Gasteiger partial charge in [-0.25, -0.2) is 0 Å². The summed E-state index contributed by atoms with van der Waals surface area (Å²) in [6.07, 6.45) is 1.80. The highest BCUT2D eigenvalue weighted by Crippen LogP contribution is 2.22. The van der Waals surface area contributed by atoms with Gasteiger partial charge in [0.1, 0.15) is 0 Å². The van der Waals surface area contributed by atoms with E-state index >= 15 is 0 Å². The van der Waals surface area contributed by atoms with Crippen molar-refractivity contribution in [1.82, 2.24) is 0 Å². The molecule has 1 N–H and O–H groups in total. The normalized spacial score (nSPS) is 9.50. The number of rotatable bonds is 3. The van der Waals surface area contributed by atoms with Crippen molar-refractivity contribution in [1.29, 1.82) is 0 Å². The number of nitrogens with one attached hydrogen (secondary N) is 1. The van der Waals surface area contributed by atoms with Crippen LogP contribution in [0.3, 0.4) is 0 Å². The van der Waals surface area contributed by atoms with E-state index in [1.54, 1.807) is 6.08 Å². The van der Waals surface area contributed by atoms with E-state index in [-0.39, 0.29) is 0 Å². The van der Waals surface area contributed by atoms with E-state index in [0.717, 1.165) is 21.7 Å². The fourth-order valence-corrected chi connectivity index (χ4v) is 1.71. The number of hydrogen-bond acceptors (Lipinski definition) is 1. The standard InChI is InChI=1S/C9H9BrClN/c1-2-3-12-9-5-7(10)4-8(11)6-9/h2,4-6,12H,1,3H2. The third-order valence-electron chi connectivity index (χ3n) is 1.31. The average Bonchev–Trinajstić information content (AvgIpc) is 1.99. The van der Waals surface area contributed by atoms with Crippen LogP contribution in [0.25, 0.3) is 0 Å². The van der Waals surface area contributed by atoms with Gasteiger partial charge in [-0.15, -0.1) is 6.58 Å². The van der Waals surface area contributed by atoms with Crippen LogP contribution in [0.15, 0.2) is 35.3 Å². The van der Waals surface area contributed by atoms with E-state index < -0.39 is 0 Å². The zero-order chi connectivity index (χ0) is 8.97. The fourth-order valence-electron chi connectivity index (χ4n) is 0.846. The minimum atomic E-state index is 0.718. The summed E-state index contributed by atoms with van der Waals surface area (Å²) in [6, 6.07) is 5.69. The summed E-state index contributed by atoms with van der Waals surface area (Å²) >= 11 is 9.19. The number of benzene rings is 1. The minimum absolute atomic E-state index is 0.718. The molecule has 12 heavy (non-hydrogen) atoms. The van der Waals surface area contributed by atoms with Gasteiger partial charge >= 0.3 is 0 Å². The monoisotopic (exact) mass is 245 g/mol. The fraction of sp³-hybridized carbons (Fsp3) is 0.111. The Kier molecular flexibility index (Phi) is 3.63. The maximum absolute atomic E-state index is 5.83. The molecule has 0 aromatic heterocycles. The molecule has 1 aromatic carbocycles. The molecule has 0 aliphatic carbocycles. The summed E-state index contributed by atoms with van der Waals surface area (Å²) in [7, 11) is 0. The van der Waals surface area contributed by atoms with Crippen LogP contribution in [-0.2, 0) is 0 Å². The van der Waals surface area contributed by atoms with E-state index in [1.807, 2.05) is 18.2 Å². The van der Waals surface area contributed by atoms with Crippen molar-refractivity contribution in [2.45, 2.75) is 0 Å². The number of halogens is 2. The van der Waals surface area contributed by atoms with E-state index in [1.165, 1.54) is 0 Å². The average molecular weight is 247 g/mol. The lowest BCUT2D eigenvalue weighted by molar-refractivity contribution is 1.34. The SMILES string of the molecule is C=CCNc1cc(Cl)cc(Br)c1. The van der Waals surface area contributed by atoms with Crippen LogP contribution in [0.2, 0.25) is 5.02 Å². The topological polar surface area (TPSA) is 12.0 Å². The second kappa shape index (κ2) is 4.53. The molecule has 1 rings (SSSR count). The molecule has 0 amide bonds. The van der Waals surface area contributed by atoms with Gasteiger partial charge in [-0.2, -0.15) is 0 Å². The van der Waals surface area contributed by atoms with Crippen LogP contribution < -0.4 is 5.32 Å². The first-order chi connectivity index (χ1) is 5.72. The summed E-state index contributed by atoms with van der Waals surface area (Å²) in [5, 5.41) is 3.86. The van der Waals surface area contributed by atoms with Crippen molar-refractivity contribution in [3.63, 3.8) is 0 Å². The van der Waals surface area contributed by atoms with Gasteiger partial charge in [0.25, 0.3) is 0 Å². The lowest BCUT2D eigenvalue weighted by atomic mass is 10.3. The quantitative estimate of drug-likeness (QED) is 0.802. The predicted octanol–water partition coefficient (Wildman–Crippen LogP) is 3.70. The molecule has 0 fully saturated rings. The lowest BCUT2D eigenvalue weighted by Gasteiger charge is -2.03. The first kappa shape index (κ1) is 9.62. The second-order valence-electron chi connectivity index (χ2n) is 2.33. The molecular formula is C9H9BrClN. The second-order valence-corrected chi connectivity index (χ2v) is 3.68. The Labute approximate surface area is 85.6 Å². The Morgan fingerprint density at radius 2 is 2.25 bits per heavy atom. The highest BCUT2D eigenvalue weighted by atomic mass is 79.9. The smallest absolute Gasteiger partial charge is 0.0437 e. The maximum atomic E-state index is 5.83. The molecule has 0 saturated heterocycles. The summed E-state index contributed by atoms with van der Waals surface area (Å²) in [4.78, 5) is 0. The van der Waals surface area contributed by atoms with Crippen molar-refractivity contribution in [2.75, 3.05) is 11.9 Å². The van der Waals surface area contributed by atoms with Crippen molar-refractivity contribution >= 4 is 33.2 Å². The van der Waals surface area contributed by atoms with Gasteiger partial charge in [-0.3, -0.25) is 0 Å². The molecule has 0 heterocycles. The lowest BCUT2D eigenvalue weighted by Crippen LogP contribution is -1.96. The van der Waals surface area contributed by atoms with E-state index in [2.05, 4.69) is 27.8 Å². The molecule has 1 nitrogen and oxygen atoms in total. The Morgan fingerprint density at radius 1 is 1.50 bits per heavy atom. The third-order valence-corrected chi connectivity index (χ3v) is 1.99. The molecule has 0 radical (unpaired) electrons. The summed E-state index contributed by atoms with van der Waals surface area (Å²) in [5.74, 6) is 0. The van der Waals surface area contributed by atoms with Gasteiger partial charge in [0.2, 0.25) is 0 Å². The molecule has 0 atom stereocenters. The highest BCUT2D eigenvalue weighted by Gasteiger charge is 1.95. The molecule has 0 saturated carbocycles. The van der Waals surface area contributed by atoms with Crippen molar-refractivity contribution in [3.8, 4) is 0 Å². The third kappa shape index (κ3) is 2.88. The molecule has 0 spiro atoms. The van der Waals surface area contributed by atoms with Crippen molar-refractivity contribution < 1.29 is 0 Å². The number of anilines is 1. The first-order valence-corrected chi connectivity index (χ1v) is 4.70. The van der Waals surface area contributed by atoms with Crippen LogP contribution in [-0.4, -0.2) is 6.54 Å². The zero-order valence-electron chi connectivity index (χ0n) is 6.48. The molecule has 3 heteroatoms. The van der Waals surface area contributed by atoms with Gasteiger partial charge in [-0.1, -0.05) is 33.6 Å². The first-order valence-electron chi connectivity index (χ1n) is 3.53. The van der Waals surface area contributed by atoms with Gasteiger partial charge in [0.05, 0.1) is 0 Å². The van der Waals surface area contributed by atoms with Crippen LogP contribution in [0, 0.1) is 0 Å². The Morgan fingerprint density at radius 3 is 2.83 bits per heavy atom. The zero-order valence-corrected chi connectivity index (χ0v) is 8.82. The highest BCUT2D eigenvalue weighted by molar-refractivity contribution is 9.10. The van der Waals surface area contributed by atoms with Gasteiger partial charge in [0, 0.05) is 21.7 Å².